The highest BCUT2D eigenvalue weighted by atomic mass is 16.5. The first-order valence-corrected chi connectivity index (χ1v) is 7.15. The van der Waals surface area contributed by atoms with Crippen LogP contribution in [0.4, 0.5) is 0 Å². The van der Waals surface area contributed by atoms with Crippen molar-refractivity contribution in [1.29, 1.82) is 0 Å². The van der Waals surface area contributed by atoms with Crippen molar-refractivity contribution in [3.8, 4) is 0 Å². The lowest BCUT2D eigenvalue weighted by molar-refractivity contribution is -0.147. The molecule has 0 aliphatic rings. The first kappa shape index (κ1) is 15.5. The summed E-state index contributed by atoms with van der Waals surface area (Å²) < 4.78 is 5.44. The molecule has 0 aromatic heterocycles. The lowest BCUT2D eigenvalue weighted by Crippen LogP contribution is -2.09. The van der Waals surface area contributed by atoms with Crippen molar-refractivity contribution in [2.75, 3.05) is 0 Å². The molecule has 1 unspecified atom stereocenters. The van der Waals surface area contributed by atoms with Gasteiger partial charge in [0.2, 0.25) is 0 Å². The van der Waals surface area contributed by atoms with Gasteiger partial charge in [-0.25, -0.2) is 0 Å². The van der Waals surface area contributed by atoms with Gasteiger partial charge in [-0.05, 0) is 18.1 Å². The molecular formula is C17H24O2. The number of benzene rings is 1. The predicted octanol–water partition coefficient (Wildman–Crippen LogP) is 4.82. The van der Waals surface area contributed by atoms with Crippen molar-refractivity contribution < 1.29 is 9.53 Å². The fraction of sp³-hybridized carbons (Fsp3) is 0.471. The Labute approximate surface area is 116 Å². The van der Waals surface area contributed by atoms with Gasteiger partial charge in [-0.1, -0.05) is 69.5 Å². The number of ether oxygens (including phenoxy) is 1. The molecule has 1 rings (SSSR count). The Kier molecular flexibility index (Phi) is 7.64. The standard InChI is InChI=1S/C17H24O2/c1-3-5-6-7-11-14-17(18)19-16(4-2)15-12-9-8-10-13-15/h4,8-10,12-13,16H,2-3,5-7,11,14H2,1H3. The smallest absolute Gasteiger partial charge is 0.306 e. The molecule has 1 aromatic rings. The first-order valence-electron chi connectivity index (χ1n) is 7.15. The number of carbonyl (C=O) groups is 1. The highest BCUT2D eigenvalue weighted by molar-refractivity contribution is 5.69. The van der Waals surface area contributed by atoms with Crippen LogP contribution >= 0.6 is 0 Å². The molecule has 0 aliphatic heterocycles. The van der Waals surface area contributed by atoms with E-state index in [4.69, 9.17) is 4.74 Å². The van der Waals surface area contributed by atoms with Gasteiger partial charge in [0.25, 0.3) is 0 Å². The van der Waals surface area contributed by atoms with E-state index in [-0.39, 0.29) is 12.1 Å². The monoisotopic (exact) mass is 260 g/mol. The Morgan fingerprint density at radius 2 is 1.89 bits per heavy atom. The summed E-state index contributed by atoms with van der Waals surface area (Å²) in [5.74, 6) is -0.134. The van der Waals surface area contributed by atoms with Gasteiger partial charge < -0.3 is 4.74 Å². The molecule has 0 amide bonds. The lowest BCUT2D eigenvalue weighted by atomic mass is 10.1. The zero-order valence-electron chi connectivity index (χ0n) is 11.8. The number of esters is 1. The van der Waals surface area contributed by atoms with E-state index in [1.54, 1.807) is 6.08 Å². The highest BCUT2D eigenvalue weighted by Crippen LogP contribution is 2.19. The maximum atomic E-state index is 11.7. The van der Waals surface area contributed by atoms with Gasteiger partial charge in [-0.15, -0.1) is 0 Å². The summed E-state index contributed by atoms with van der Waals surface area (Å²) in [5.41, 5.74) is 0.969. The van der Waals surface area contributed by atoms with Gasteiger partial charge in [-0.2, -0.15) is 0 Å². The lowest BCUT2D eigenvalue weighted by Gasteiger charge is -2.14. The second-order valence-corrected chi connectivity index (χ2v) is 4.72. The Bertz CT molecular complexity index is 370. The molecule has 104 valence electrons. The van der Waals surface area contributed by atoms with Gasteiger partial charge in [0.15, 0.2) is 0 Å². The topological polar surface area (TPSA) is 26.3 Å². The average molecular weight is 260 g/mol. The van der Waals surface area contributed by atoms with Gasteiger partial charge in [0.05, 0.1) is 0 Å². The van der Waals surface area contributed by atoms with E-state index >= 15 is 0 Å². The molecule has 0 radical (unpaired) electrons. The number of hydrogen-bond acceptors (Lipinski definition) is 2. The highest BCUT2D eigenvalue weighted by Gasteiger charge is 2.12. The van der Waals surface area contributed by atoms with Gasteiger partial charge in [-0.3, -0.25) is 4.79 Å². The van der Waals surface area contributed by atoms with Crippen molar-refractivity contribution in [3.05, 3.63) is 48.6 Å². The van der Waals surface area contributed by atoms with E-state index in [2.05, 4.69) is 13.5 Å². The summed E-state index contributed by atoms with van der Waals surface area (Å²) in [6, 6.07) is 9.70. The number of unbranched alkanes of at least 4 members (excludes halogenated alkanes) is 4. The molecular weight excluding hydrogens is 236 g/mol. The molecule has 2 heteroatoms. The molecule has 0 fully saturated rings. The number of hydrogen-bond donors (Lipinski definition) is 0. The predicted molar refractivity (Wildman–Crippen MR) is 78.8 cm³/mol. The molecule has 0 saturated heterocycles. The minimum atomic E-state index is -0.329. The summed E-state index contributed by atoms with van der Waals surface area (Å²) in [7, 11) is 0. The number of carbonyl (C=O) groups excluding carboxylic acids is 1. The third-order valence-electron chi connectivity index (χ3n) is 3.09. The molecule has 1 atom stereocenters. The summed E-state index contributed by atoms with van der Waals surface area (Å²) >= 11 is 0. The van der Waals surface area contributed by atoms with E-state index in [9.17, 15) is 4.79 Å². The minimum absolute atomic E-state index is 0.134. The molecule has 0 heterocycles. The largest absolute Gasteiger partial charge is 0.453 e. The van der Waals surface area contributed by atoms with E-state index in [1.807, 2.05) is 30.3 Å². The summed E-state index contributed by atoms with van der Waals surface area (Å²) in [4.78, 5) is 11.7. The molecule has 0 N–H and O–H groups in total. The van der Waals surface area contributed by atoms with E-state index in [0.717, 1.165) is 18.4 Å². The summed E-state index contributed by atoms with van der Waals surface area (Å²) in [6.45, 7) is 5.92. The maximum Gasteiger partial charge on any atom is 0.306 e. The van der Waals surface area contributed by atoms with Gasteiger partial charge in [0.1, 0.15) is 6.10 Å². The molecule has 19 heavy (non-hydrogen) atoms. The second-order valence-electron chi connectivity index (χ2n) is 4.72. The van der Waals surface area contributed by atoms with Crippen LogP contribution in [-0.4, -0.2) is 5.97 Å². The zero-order chi connectivity index (χ0) is 13.9. The van der Waals surface area contributed by atoms with Gasteiger partial charge in [0, 0.05) is 6.42 Å². The van der Waals surface area contributed by atoms with Gasteiger partial charge >= 0.3 is 5.97 Å². The first-order chi connectivity index (χ1) is 9.27. The summed E-state index contributed by atoms with van der Waals surface area (Å²) in [5, 5.41) is 0. The fourth-order valence-electron chi connectivity index (χ4n) is 1.97. The average Bonchev–Trinajstić information content (AvgIpc) is 2.45. The van der Waals surface area contributed by atoms with Crippen LogP contribution in [0.3, 0.4) is 0 Å². The van der Waals surface area contributed by atoms with Crippen LogP contribution in [0.15, 0.2) is 43.0 Å². The van der Waals surface area contributed by atoms with Crippen LogP contribution in [0.25, 0.3) is 0 Å². The van der Waals surface area contributed by atoms with Crippen LogP contribution in [0.5, 0.6) is 0 Å². The van der Waals surface area contributed by atoms with Crippen LogP contribution in [0.1, 0.15) is 57.1 Å². The summed E-state index contributed by atoms with van der Waals surface area (Å²) in [6.07, 6.45) is 7.53. The normalized spacial score (nSPS) is 11.8. The number of rotatable bonds is 9. The molecule has 2 nitrogen and oxygen atoms in total. The minimum Gasteiger partial charge on any atom is -0.453 e. The van der Waals surface area contributed by atoms with Crippen molar-refractivity contribution >= 4 is 5.97 Å². The molecule has 1 aromatic carbocycles. The fourth-order valence-corrected chi connectivity index (χ4v) is 1.97. The van der Waals surface area contributed by atoms with Crippen molar-refractivity contribution in [2.45, 2.75) is 51.6 Å². The second kappa shape index (κ2) is 9.37. The molecule has 0 spiro atoms. The van der Waals surface area contributed by atoms with Crippen molar-refractivity contribution in [1.82, 2.24) is 0 Å². The Morgan fingerprint density at radius 1 is 1.21 bits per heavy atom. The van der Waals surface area contributed by atoms with E-state index in [1.165, 1.54) is 19.3 Å². The quantitative estimate of drug-likeness (QED) is 0.361. The zero-order valence-corrected chi connectivity index (χ0v) is 11.8. The third-order valence-corrected chi connectivity index (χ3v) is 3.09. The molecule has 0 aliphatic carbocycles. The van der Waals surface area contributed by atoms with E-state index in [0.29, 0.717) is 6.42 Å². The van der Waals surface area contributed by atoms with E-state index < -0.39 is 0 Å². The Hall–Kier alpha value is -1.57. The Balaban J connectivity index is 2.32. The molecule has 0 bridgehead atoms. The van der Waals surface area contributed by atoms with Crippen LogP contribution in [0.2, 0.25) is 0 Å². The maximum absolute atomic E-state index is 11.7. The SMILES string of the molecule is C=CC(OC(=O)CCCCCCC)c1ccccc1. The van der Waals surface area contributed by atoms with Crippen LogP contribution < -0.4 is 0 Å². The van der Waals surface area contributed by atoms with Crippen LogP contribution in [-0.2, 0) is 9.53 Å². The van der Waals surface area contributed by atoms with Crippen LogP contribution in [0, 0.1) is 0 Å². The Morgan fingerprint density at radius 3 is 2.53 bits per heavy atom. The van der Waals surface area contributed by atoms with Crippen molar-refractivity contribution in [3.63, 3.8) is 0 Å². The third kappa shape index (κ3) is 6.23. The molecule has 0 saturated carbocycles. The van der Waals surface area contributed by atoms with Crippen molar-refractivity contribution in [2.24, 2.45) is 0 Å².